The van der Waals surface area contributed by atoms with E-state index < -0.39 is 0 Å². The third-order valence-corrected chi connectivity index (χ3v) is 3.26. The molecule has 3 nitrogen and oxygen atoms in total. The average molecular weight is 220 g/mol. The molecule has 2 rings (SSSR count). The second kappa shape index (κ2) is 5.30. The van der Waals surface area contributed by atoms with E-state index >= 15 is 0 Å². The van der Waals surface area contributed by atoms with Gasteiger partial charge in [-0.2, -0.15) is 0 Å². The number of nitrogens with one attached hydrogen (secondary N) is 1. The molecule has 88 valence electrons. The summed E-state index contributed by atoms with van der Waals surface area (Å²) in [5.74, 6) is 2.19. The molecule has 1 saturated heterocycles. The largest absolute Gasteiger partial charge is 0.492 e. The molecule has 0 bridgehead atoms. The van der Waals surface area contributed by atoms with Crippen LogP contribution < -0.4 is 10.1 Å². The Hall–Kier alpha value is -1.09. The van der Waals surface area contributed by atoms with Crippen molar-refractivity contribution in [2.45, 2.75) is 26.2 Å². The van der Waals surface area contributed by atoms with Crippen LogP contribution in [0.4, 0.5) is 0 Å². The van der Waals surface area contributed by atoms with Crippen LogP contribution in [0.15, 0.2) is 18.5 Å². The highest BCUT2D eigenvalue weighted by Gasteiger charge is 2.23. The van der Waals surface area contributed by atoms with Crippen molar-refractivity contribution in [1.29, 1.82) is 0 Å². The first-order chi connectivity index (χ1) is 7.81. The molecule has 1 N–H and O–H groups in total. The van der Waals surface area contributed by atoms with Gasteiger partial charge in [0.2, 0.25) is 0 Å². The fraction of sp³-hybridized carbons (Fsp3) is 0.615. The van der Waals surface area contributed by atoms with Gasteiger partial charge in [-0.1, -0.05) is 6.92 Å². The molecule has 0 spiro atoms. The van der Waals surface area contributed by atoms with E-state index in [0.29, 0.717) is 18.4 Å². The predicted molar refractivity (Wildman–Crippen MR) is 64.8 cm³/mol. The van der Waals surface area contributed by atoms with Crippen molar-refractivity contribution in [3.63, 3.8) is 0 Å². The molecule has 1 aromatic heterocycles. The molecule has 2 unspecified atom stereocenters. The molecule has 0 aliphatic carbocycles. The van der Waals surface area contributed by atoms with E-state index in [9.17, 15) is 0 Å². The van der Waals surface area contributed by atoms with Crippen LogP contribution in [0, 0.1) is 5.92 Å². The Morgan fingerprint density at radius 2 is 2.38 bits per heavy atom. The number of aromatic nitrogens is 1. The monoisotopic (exact) mass is 220 g/mol. The SMILES string of the molecule is CCOc1cncc(C2CCNCC2C)c1. The smallest absolute Gasteiger partial charge is 0.137 e. The number of rotatable bonds is 3. The highest BCUT2D eigenvalue weighted by Crippen LogP contribution is 2.30. The van der Waals surface area contributed by atoms with Gasteiger partial charge in [0.1, 0.15) is 5.75 Å². The summed E-state index contributed by atoms with van der Waals surface area (Å²) >= 11 is 0. The Bertz CT molecular complexity index is 340. The van der Waals surface area contributed by atoms with Crippen molar-refractivity contribution in [1.82, 2.24) is 10.3 Å². The summed E-state index contributed by atoms with van der Waals surface area (Å²) in [4.78, 5) is 4.27. The van der Waals surface area contributed by atoms with Gasteiger partial charge in [-0.05, 0) is 49.9 Å². The number of pyridine rings is 1. The Balaban J connectivity index is 2.15. The molecule has 1 aliphatic heterocycles. The molecule has 3 heteroatoms. The zero-order valence-corrected chi connectivity index (χ0v) is 10.1. The summed E-state index contributed by atoms with van der Waals surface area (Å²) in [6, 6.07) is 2.14. The van der Waals surface area contributed by atoms with Crippen LogP contribution in [-0.2, 0) is 0 Å². The molecule has 1 aliphatic rings. The molecular formula is C13H20N2O. The normalized spacial score (nSPS) is 25.4. The summed E-state index contributed by atoms with van der Waals surface area (Å²) in [6.45, 7) is 7.20. The van der Waals surface area contributed by atoms with Gasteiger partial charge in [0, 0.05) is 6.20 Å². The molecule has 1 fully saturated rings. The van der Waals surface area contributed by atoms with Gasteiger partial charge in [-0.3, -0.25) is 4.98 Å². The van der Waals surface area contributed by atoms with Gasteiger partial charge >= 0.3 is 0 Å². The van der Waals surface area contributed by atoms with Crippen LogP contribution in [0.5, 0.6) is 5.75 Å². The van der Waals surface area contributed by atoms with E-state index in [2.05, 4.69) is 23.3 Å². The van der Waals surface area contributed by atoms with Crippen molar-refractivity contribution < 1.29 is 4.74 Å². The lowest BCUT2D eigenvalue weighted by Gasteiger charge is -2.29. The van der Waals surface area contributed by atoms with Gasteiger partial charge in [-0.15, -0.1) is 0 Å². The van der Waals surface area contributed by atoms with Crippen LogP contribution in [-0.4, -0.2) is 24.7 Å². The van der Waals surface area contributed by atoms with E-state index in [-0.39, 0.29) is 0 Å². The van der Waals surface area contributed by atoms with E-state index in [1.165, 1.54) is 12.0 Å². The standard InChI is InChI=1S/C13H20N2O/c1-3-16-12-6-11(8-15-9-12)13-4-5-14-7-10(13)2/h6,8-10,13-14H,3-5,7H2,1-2H3. The molecular weight excluding hydrogens is 200 g/mol. The zero-order valence-electron chi connectivity index (χ0n) is 10.1. The number of nitrogens with zero attached hydrogens (tertiary/aromatic N) is 1. The maximum Gasteiger partial charge on any atom is 0.137 e. The Morgan fingerprint density at radius 3 is 3.12 bits per heavy atom. The quantitative estimate of drug-likeness (QED) is 0.848. The van der Waals surface area contributed by atoms with Gasteiger partial charge in [0.05, 0.1) is 12.8 Å². The lowest BCUT2D eigenvalue weighted by Crippen LogP contribution is -2.33. The Labute approximate surface area is 97.2 Å². The van der Waals surface area contributed by atoms with Crippen LogP contribution in [0.1, 0.15) is 31.7 Å². The van der Waals surface area contributed by atoms with E-state index in [0.717, 1.165) is 18.8 Å². The van der Waals surface area contributed by atoms with Crippen molar-refractivity contribution in [2.24, 2.45) is 5.92 Å². The number of hydrogen-bond acceptors (Lipinski definition) is 3. The third kappa shape index (κ3) is 2.53. The van der Waals surface area contributed by atoms with Crippen LogP contribution in [0.25, 0.3) is 0 Å². The maximum absolute atomic E-state index is 5.49. The first-order valence-electron chi connectivity index (χ1n) is 6.09. The summed E-state index contributed by atoms with van der Waals surface area (Å²) in [7, 11) is 0. The number of ether oxygens (including phenoxy) is 1. The minimum absolute atomic E-state index is 0.620. The van der Waals surface area contributed by atoms with E-state index in [1.807, 2.05) is 13.1 Å². The minimum Gasteiger partial charge on any atom is -0.492 e. The molecule has 1 aromatic rings. The number of hydrogen-bond donors (Lipinski definition) is 1. The molecule has 0 radical (unpaired) electrons. The Morgan fingerprint density at radius 1 is 1.50 bits per heavy atom. The van der Waals surface area contributed by atoms with Crippen LogP contribution >= 0.6 is 0 Å². The predicted octanol–water partition coefficient (Wildman–Crippen LogP) is 2.19. The fourth-order valence-electron chi connectivity index (χ4n) is 2.39. The van der Waals surface area contributed by atoms with Gasteiger partial charge in [0.25, 0.3) is 0 Å². The zero-order chi connectivity index (χ0) is 11.4. The average Bonchev–Trinajstić information content (AvgIpc) is 2.30. The molecule has 16 heavy (non-hydrogen) atoms. The van der Waals surface area contributed by atoms with Gasteiger partial charge in [-0.25, -0.2) is 0 Å². The first-order valence-corrected chi connectivity index (χ1v) is 6.09. The van der Waals surface area contributed by atoms with Gasteiger partial charge < -0.3 is 10.1 Å². The fourth-order valence-corrected chi connectivity index (χ4v) is 2.39. The van der Waals surface area contributed by atoms with E-state index in [4.69, 9.17) is 4.74 Å². The third-order valence-electron chi connectivity index (χ3n) is 3.26. The van der Waals surface area contributed by atoms with Crippen LogP contribution in [0.3, 0.4) is 0 Å². The van der Waals surface area contributed by atoms with Gasteiger partial charge in [0.15, 0.2) is 0 Å². The van der Waals surface area contributed by atoms with Crippen molar-refractivity contribution >= 4 is 0 Å². The van der Waals surface area contributed by atoms with Crippen molar-refractivity contribution in [3.05, 3.63) is 24.0 Å². The summed E-state index contributed by atoms with van der Waals surface area (Å²) in [5, 5.41) is 3.42. The first kappa shape index (κ1) is 11.4. The second-order valence-electron chi connectivity index (χ2n) is 4.46. The molecule has 2 atom stereocenters. The van der Waals surface area contributed by atoms with Crippen LogP contribution in [0.2, 0.25) is 0 Å². The molecule has 0 amide bonds. The van der Waals surface area contributed by atoms with E-state index in [1.54, 1.807) is 6.20 Å². The molecule has 0 saturated carbocycles. The van der Waals surface area contributed by atoms with Crippen molar-refractivity contribution in [2.75, 3.05) is 19.7 Å². The lowest BCUT2D eigenvalue weighted by molar-refractivity contribution is 0.331. The maximum atomic E-state index is 5.49. The second-order valence-corrected chi connectivity index (χ2v) is 4.46. The topological polar surface area (TPSA) is 34.1 Å². The Kier molecular flexibility index (Phi) is 3.78. The highest BCUT2D eigenvalue weighted by atomic mass is 16.5. The highest BCUT2D eigenvalue weighted by molar-refractivity contribution is 5.27. The minimum atomic E-state index is 0.620. The summed E-state index contributed by atoms with van der Waals surface area (Å²) < 4.78 is 5.49. The summed E-state index contributed by atoms with van der Waals surface area (Å²) in [6.07, 6.45) is 4.96. The molecule has 2 heterocycles. The number of piperidine rings is 1. The molecule has 0 aromatic carbocycles. The van der Waals surface area contributed by atoms with Crippen molar-refractivity contribution in [3.8, 4) is 5.75 Å². The summed E-state index contributed by atoms with van der Waals surface area (Å²) in [5.41, 5.74) is 1.32. The lowest BCUT2D eigenvalue weighted by atomic mass is 9.83.